The topological polar surface area (TPSA) is 55.9 Å². The first kappa shape index (κ1) is 20.4. The van der Waals surface area contributed by atoms with Crippen molar-refractivity contribution in [1.82, 2.24) is 20.0 Å². The second-order valence-corrected chi connectivity index (χ2v) is 7.40. The highest BCUT2D eigenvalue weighted by Crippen LogP contribution is 2.15. The average molecular weight is 361 g/mol. The third-order valence-electron chi connectivity index (χ3n) is 4.88. The molecule has 1 N–H and O–H groups in total. The third-order valence-corrected chi connectivity index (χ3v) is 4.88. The minimum absolute atomic E-state index is 0.0213. The normalized spacial score (nSPS) is 15.5. The molecule has 1 aromatic carbocycles. The summed E-state index contributed by atoms with van der Waals surface area (Å²) in [5.41, 5.74) is 2.56. The van der Waals surface area contributed by atoms with Gasteiger partial charge in [0.15, 0.2) is 0 Å². The summed E-state index contributed by atoms with van der Waals surface area (Å²) in [6, 6.07) is 8.63. The summed E-state index contributed by atoms with van der Waals surface area (Å²) in [7, 11) is 3.63. The van der Waals surface area contributed by atoms with Crippen molar-refractivity contribution >= 4 is 11.8 Å². The number of hydrogen-bond acceptors (Lipinski definition) is 4. The molecule has 0 radical (unpaired) electrons. The molecule has 144 valence electrons. The first-order valence-electron chi connectivity index (χ1n) is 9.37. The van der Waals surface area contributed by atoms with Crippen LogP contribution in [0.4, 0.5) is 0 Å². The highest BCUT2D eigenvalue weighted by atomic mass is 16.2. The highest BCUT2D eigenvalue weighted by Gasteiger charge is 2.22. The molecule has 2 amide bonds. The van der Waals surface area contributed by atoms with Crippen LogP contribution in [-0.2, 0) is 16.1 Å². The van der Waals surface area contributed by atoms with Gasteiger partial charge in [0.1, 0.15) is 0 Å². The molecule has 26 heavy (non-hydrogen) atoms. The summed E-state index contributed by atoms with van der Waals surface area (Å²) in [6.45, 7) is 8.84. The van der Waals surface area contributed by atoms with Gasteiger partial charge in [0.2, 0.25) is 11.8 Å². The Kier molecular flexibility index (Phi) is 7.60. The number of nitrogens with one attached hydrogen (secondary N) is 1. The number of benzene rings is 1. The van der Waals surface area contributed by atoms with Crippen molar-refractivity contribution in [1.29, 1.82) is 0 Å². The number of rotatable bonds is 7. The molecule has 1 aromatic rings. The van der Waals surface area contributed by atoms with Crippen LogP contribution in [-0.4, -0.2) is 79.9 Å². The quantitative estimate of drug-likeness (QED) is 0.792. The molecule has 1 aliphatic rings. The minimum atomic E-state index is 0.0213. The van der Waals surface area contributed by atoms with E-state index in [2.05, 4.69) is 53.2 Å². The monoisotopic (exact) mass is 360 g/mol. The molecule has 0 aromatic heterocycles. The van der Waals surface area contributed by atoms with E-state index >= 15 is 0 Å². The van der Waals surface area contributed by atoms with Crippen molar-refractivity contribution in [3.63, 3.8) is 0 Å². The Morgan fingerprint density at radius 1 is 1.12 bits per heavy atom. The van der Waals surface area contributed by atoms with Gasteiger partial charge in [0, 0.05) is 39.8 Å². The first-order chi connectivity index (χ1) is 12.4. The van der Waals surface area contributed by atoms with Crippen LogP contribution in [0.5, 0.6) is 0 Å². The molecular weight excluding hydrogens is 328 g/mol. The van der Waals surface area contributed by atoms with E-state index in [4.69, 9.17) is 0 Å². The molecule has 1 fully saturated rings. The Hall–Kier alpha value is -1.92. The lowest BCUT2D eigenvalue weighted by Crippen LogP contribution is -2.52. The molecule has 1 aliphatic heterocycles. The van der Waals surface area contributed by atoms with Crippen LogP contribution in [0.1, 0.15) is 30.9 Å². The van der Waals surface area contributed by atoms with Crippen LogP contribution in [0, 0.1) is 0 Å². The maximum absolute atomic E-state index is 12.5. The molecule has 0 spiro atoms. The van der Waals surface area contributed by atoms with Crippen LogP contribution in [0.2, 0.25) is 0 Å². The van der Waals surface area contributed by atoms with Crippen molar-refractivity contribution in [3.05, 3.63) is 35.4 Å². The van der Waals surface area contributed by atoms with Gasteiger partial charge < -0.3 is 10.2 Å². The summed E-state index contributed by atoms with van der Waals surface area (Å²) < 4.78 is 0. The maximum Gasteiger partial charge on any atom is 0.236 e. The third kappa shape index (κ3) is 6.11. The fraction of sp³-hybridized carbons (Fsp3) is 0.600. The van der Waals surface area contributed by atoms with Gasteiger partial charge in [-0.1, -0.05) is 38.1 Å². The van der Waals surface area contributed by atoms with Crippen molar-refractivity contribution in [2.45, 2.75) is 26.3 Å². The number of amides is 2. The molecule has 6 heteroatoms. The predicted octanol–water partition coefficient (Wildman–Crippen LogP) is 1.13. The lowest BCUT2D eigenvalue weighted by Gasteiger charge is -2.35. The fourth-order valence-electron chi connectivity index (χ4n) is 3.14. The molecule has 6 nitrogen and oxygen atoms in total. The van der Waals surface area contributed by atoms with Crippen LogP contribution < -0.4 is 5.32 Å². The minimum Gasteiger partial charge on any atom is -0.358 e. The van der Waals surface area contributed by atoms with Crippen LogP contribution >= 0.6 is 0 Å². The highest BCUT2D eigenvalue weighted by molar-refractivity contribution is 5.79. The Labute approximate surface area is 157 Å². The molecule has 0 saturated carbocycles. The van der Waals surface area contributed by atoms with E-state index < -0.39 is 0 Å². The zero-order valence-corrected chi connectivity index (χ0v) is 16.5. The number of nitrogens with zero attached hydrogens (tertiary/aromatic N) is 3. The average Bonchev–Trinajstić information content (AvgIpc) is 2.62. The fourth-order valence-corrected chi connectivity index (χ4v) is 3.14. The molecule has 0 bridgehead atoms. The van der Waals surface area contributed by atoms with Crippen LogP contribution in [0.3, 0.4) is 0 Å². The van der Waals surface area contributed by atoms with Crippen LogP contribution in [0.25, 0.3) is 0 Å². The summed E-state index contributed by atoms with van der Waals surface area (Å²) in [5.74, 6) is 0.712. The van der Waals surface area contributed by atoms with Gasteiger partial charge >= 0.3 is 0 Å². The summed E-state index contributed by atoms with van der Waals surface area (Å²) >= 11 is 0. The Bertz CT molecular complexity index is 592. The largest absolute Gasteiger partial charge is 0.358 e. The van der Waals surface area contributed by atoms with E-state index in [-0.39, 0.29) is 11.8 Å². The van der Waals surface area contributed by atoms with Crippen molar-refractivity contribution in [2.24, 2.45) is 0 Å². The molecule has 1 saturated heterocycles. The SMILES string of the molecule is CNC(=O)CN1CCN(C(=O)CN(C)Cc2ccc(C(C)C)cc2)CC1. The molecule has 0 unspecified atom stereocenters. The van der Waals surface area contributed by atoms with E-state index in [1.807, 2.05) is 11.9 Å². The van der Waals surface area contributed by atoms with Gasteiger partial charge in [-0.25, -0.2) is 0 Å². The smallest absolute Gasteiger partial charge is 0.236 e. The number of piperazine rings is 1. The van der Waals surface area contributed by atoms with E-state index in [1.54, 1.807) is 7.05 Å². The van der Waals surface area contributed by atoms with Crippen molar-refractivity contribution < 1.29 is 9.59 Å². The van der Waals surface area contributed by atoms with Gasteiger partial charge in [-0.15, -0.1) is 0 Å². The standard InChI is InChI=1S/C20H32N4O2/c1-16(2)18-7-5-17(6-8-18)13-22(4)15-20(26)24-11-9-23(10-12-24)14-19(25)21-3/h5-8,16H,9-15H2,1-4H3,(H,21,25). The number of carbonyl (C=O) groups is 2. The van der Waals surface area contributed by atoms with Crippen molar-refractivity contribution in [3.8, 4) is 0 Å². The Morgan fingerprint density at radius 2 is 1.73 bits per heavy atom. The number of carbonyl (C=O) groups excluding carboxylic acids is 2. The van der Waals surface area contributed by atoms with Crippen molar-refractivity contribution in [2.75, 3.05) is 53.4 Å². The van der Waals surface area contributed by atoms with E-state index in [0.29, 0.717) is 32.1 Å². The Balaban J connectivity index is 1.76. The zero-order chi connectivity index (χ0) is 19.1. The molecular formula is C20H32N4O2. The van der Waals surface area contributed by atoms with Crippen LogP contribution in [0.15, 0.2) is 24.3 Å². The molecule has 0 aliphatic carbocycles. The maximum atomic E-state index is 12.5. The van der Waals surface area contributed by atoms with Gasteiger partial charge in [0.25, 0.3) is 0 Å². The number of likely N-dealkylation sites (N-methyl/N-ethyl adjacent to an activating group) is 2. The molecule has 1 heterocycles. The Morgan fingerprint density at radius 3 is 2.27 bits per heavy atom. The van der Waals surface area contributed by atoms with E-state index in [0.717, 1.165) is 19.6 Å². The predicted molar refractivity (Wildman–Crippen MR) is 104 cm³/mol. The zero-order valence-electron chi connectivity index (χ0n) is 16.5. The van der Waals surface area contributed by atoms with E-state index in [9.17, 15) is 9.59 Å². The second-order valence-electron chi connectivity index (χ2n) is 7.40. The van der Waals surface area contributed by atoms with Gasteiger partial charge in [-0.2, -0.15) is 0 Å². The molecule has 0 atom stereocenters. The summed E-state index contributed by atoms with van der Waals surface area (Å²) in [6.07, 6.45) is 0. The lowest BCUT2D eigenvalue weighted by atomic mass is 10.0. The van der Waals surface area contributed by atoms with E-state index in [1.165, 1.54) is 11.1 Å². The summed E-state index contributed by atoms with van der Waals surface area (Å²) in [4.78, 5) is 30.0. The van der Waals surface area contributed by atoms with Gasteiger partial charge in [-0.05, 0) is 24.1 Å². The summed E-state index contributed by atoms with van der Waals surface area (Å²) in [5, 5.41) is 2.64. The molecule has 2 rings (SSSR count). The lowest BCUT2D eigenvalue weighted by molar-refractivity contribution is -0.134. The second kappa shape index (κ2) is 9.69. The number of hydrogen-bond donors (Lipinski definition) is 1. The van der Waals surface area contributed by atoms with Gasteiger partial charge in [0.05, 0.1) is 13.1 Å². The van der Waals surface area contributed by atoms with Gasteiger partial charge in [-0.3, -0.25) is 19.4 Å². The first-order valence-corrected chi connectivity index (χ1v) is 9.37.